The number of aliphatic hydroxyl groups is 1. The third-order valence-corrected chi connectivity index (χ3v) is 9.34. The van der Waals surface area contributed by atoms with E-state index in [4.69, 9.17) is 4.43 Å². The number of hydrogen-bond donors (Lipinski definition) is 1. The molecule has 0 aromatic rings. The van der Waals surface area contributed by atoms with Crippen molar-refractivity contribution in [1.29, 1.82) is 0 Å². The predicted octanol–water partition coefficient (Wildman–Crippen LogP) is 4.50. The summed E-state index contributed by atoms with van der Waals surface area (Å²) >= 11 is 0. The predicted molar refractivity (Wildman–Crippen MR) is 84.8 cm³/mol. The molecule has 0 unspecified atom stereocenters. The highest BCUT2D eigenvalue weighted by atomic mass is 28.4. The van der Waals surface area contributed by atoms with Gasteiger partial charge in [-0.2, -0.15) is 0 Å². The Kier molecular flexibility index (Phi) is 5.84. The highest BCUT2D eigenvalue weighted by Gasteiger charge is 2.42. The van der Waals surface area contributed by atoms with Gasteiger partial charge in [0.15, 0.2) is 8.32 Å². The second-order valence-electron chi connectivity index (χ2n) is 7.38. The Morgan fingerprint density at radius 3 is 2.32 bits per heavy atom. The van der Waals surface area contributed by atoms with Crippen LogP contribution >= 0.6 is 0 Å². The summed E-state index contributed by atoms with van der Waals surface area (Å²) in [5.74, 6) is 0.277. The number of rotatable bonds is 4. The van der Waals surface area contributed by atoms with Crippen LogP contribution in [0.4, 0.5) is 0 Å². The van der Waals surface area contributed by atoms with E-state index < -0.39 is 8.32 Å². The minimum absolute atomic E-state index is 0.237. The Morgan fingerprint density at radius 1 is 1.21 bits per heavy atom. The van der Waals surface area contributed by atoms with Crippen LogP contribution in [0.3, 0.4) is 0 Å². The Balaban J connectivity index is 2.78. The maximum absolute atomic E-state index is 10.3. The average Bonchev–Trinajstić information content (AvgIpc) is 2.28. The smallest absolute Gasteiger partial charge is 0.192 e. The van der Waals surface area contributed by atoms with Crippen LogP contribution in [0.2, 0.25) is 18.1 Å². The normalized spacial score (nSPS) is 27.7. The van der Waals surface area contributed by atoms with Gasteiger partial charge in [0.05, 0.1) is 12.2 Å². The van der Waals surface area contributed by atoms with Gasteiger partial charge in [0.1, 0.15) is 0 Å². The first-order valence-electron chi connectivity index (χ1n) is 7.68. The molecule has 3 heteroatoms. The molecule has 1 aliphatic rings. The summed E-state index contributed by atoms with van der Waals surface area (Å²) in [5, 5.41) is 10.5. The standard InChI is InChI=1S/C16H32O2Si/c1-7-10-14(17)13-11-8-9-12-15(13)18-19(5,6)16(2,3)4/h7,10,13-15,17H,8-9,11-12H2,1-6H3/b10-7+/t13-,14+,15-/m0/s1. The van der Waals surface area contributed by atoms with E-state index in [1.165, 1.54) is 12.8 Å². The van der Waals surface area contributed by atoms with E-state index in [0.29, 0.717) is 0 Å². The van der Waals surface area contributed by atoms with Crippen molar-refractivity contribution in [3.05, 3.63) is 12.2 Å². The molecule has 2 nitrogen and oxygen atoms in total. The van der Waals surface area contributed by atoms with E-state index in [1.807, 2.05) is 19.1 Å². The van der Waals surface area contributed by atoms with E-state index in [9.17, 15) is 5.11 Å². The third-order valence-electron chi connectivity index (χ3n) is 4.83. The van der Waals surface area contributed by atoms with Gasteiger partial charge in [0.2, 0.25) is 0 Å². The van der Waals surface area contributed by atoms with Crippen LogP contribution in [-0.2, 0) is 4.43 Å². The van der Waals surface area contributed by atoms with E-state index in [0.717, 1.165) is 12.8 Å². The molecule has 1 aliphatic carbocycles. The molecule has 1 N–H and O–H groups in total. The van der Waals surface area contributed by atoms with Crippen molar-refractivity contribution in [3.8, 4) is 0 Å². The fraction of sp³-hybridized carbons (Fsp3) is 0.875. The van der Waals surface area contributed by atoms with Gasteiger partial charge in [-0.1, -0.05) is 45.8 Å². The molecule has 0 aromatic heterocycles. The summed E-state index contributed by atoms with van der Waals surface area (Å²) < 4.78 is 6.57. The van der Waals surface area contributed by atoms with Crippen LogP contribution in [0.1, 0.15) is 53.4 Å². The Morgan fingerprint density at radius 2 is 1.79 bits per heavy atom. The van der Waals surface area contributed by atoms with Gasteiger partial charge in [-0.25, -0.2) is 0 Å². The summed E-state index contributed by atoms with van der Waals surface area (Å²) in [6.07, 6.45) is 8.40. The largest absolute Gasteiger partial charge is 0.414 e. The third kappa shape index (κ3) is 4.43. The van der Waals surface area contributed by atoms with Crippen LogP contribution in [-0.4, -0.2) is 25.6 Å². The highest BCUT2D eigenvalue weighted by Crippen LogP contribution is 2.40. The summed E-state index contributed by atoms with van der Waals surface area (Å²) in [4.78, 5) is 0. The number of hydrogen-bond acceptors (Lipinski definition) is 2. The van der Waals surface area contributed by atoms with Crippen LogP contribution < -0.4 is 0 Å². The molecule has 0 amide bonds. The van der Waals surface area contributed by atoms with Crippen molar-refractivity contribution in [1.82, 2.24) is 0 Å². The summed E-state index contributed by atoms with van der Waals surface area (Å²) in [7, 11) is -1.74. The fourth-order valence-corrected chi connectivity index (χ4v) is 3.96. The molecule has 1 fully saturated rings. The molecule has 1 rings (SSSR count). The molecule has 0 saturated heterocycles. The van der Waals surface area contributed by atoms with Gasteiger partial charge < -0.3 is 9.53 Å². The first kappa shape index (κ1) is 16.9. The van der Waals surface area contributed by atoms with Gasteiger partial charge in [0, 0.05) is 5.92 Å². The number of aliphatic hydroxyl groups excluding tert-OH is 1. The molecule has 19 heavy (non-hydrogen) atoms. The molecule has 3 atom stereocenters. The first-order valence-corrected chi connectivity index (χ1v) is 10.6. The minimum Gasteiger partial charge on any atom is -0.414 e. The lowest BCUT2D eigenvalue weighted by molar-refractivity contribution is 0.0150. The van der Waals surface area contributed by atoms with Crippen molar-refractivity contribution >= 4 is 8.32 Å². The molecule has 112 valence electrons. The quantitative estimate of drug-likeness (QED) is 0.608. The van der Waals surface area contributed by atoms with Crippen molar-refractivity contribution in [2.75, 3.05) is 0 Å². The van der Waals surface area contributed by atoms with E-state index in [-0.39, 0.29) is 23.2 Å². The molecule has 0 aromatic carbocycles. The van der Waals surface area contributed by atoms with Crippen LogP contribution in [0.15, 0.2) is 12.2 Å². The monoisotopic (exact) mass is 284 g/mol. The lowest BCUT2D eigenvalue weighted by Crippen LogP contribution is -2.48. The molecule has 1 saturated carbocycles. The van der Waals surface area contributed by atoms with Crippen LogP contribution in [0.5, 0.6) is 0 Å². The van der Waals surface area contributed by atoms with Gasteiger partial charge >= 0.3 is 0 Å². The van der Waals surface area contributed by atoms with Crippen LogP contribution in [0.25, 0.3) is 0 Å². The first-order chi connectivity index (χ1) is 8.69. The SMILES string of the molecule is C/C=C/[C@@H](O)[C@@H]1CCCC[C@@H]1O[Si](C)(C)C(C)(C)C. The lowest BCUT2D eigenvalue weighted by atomic mass is 9.82. The zero-order valence-corrected chi connectivity index (χ0v) is 14.6. The molecule has 0 aliphatic heterocycles. The molecular formula is C16H32O2Si. The van der Waals surface area contributed by atoms with E-state index in [1.54, 1.807) is 0 Å². The van der Waals surface area contributed by atoms with Crippen molar-refractivity contribution in [2.24, 2.45) is 5.92 Å². The van der Waals surface area contributed by atoms with Crippen LogP contribution in [0, 0.1) is 5.92 Å². The molecule has 0 bridgehead atoms. The zero-order valence-electron chi connectivity index (χ0n) is 13.6. The maximum Gasteiger partial charge on any atom is 0.192 e. The van der Waals surface area contributed by atoms with Crippen molar-refractivity contribution in [2.45, 2.75) is 83.7 Å². The Hall–Kier alpha value is -0.123. The summed E-state index contributed by atoms with van der Waals surface area (Å²) in [6, 6.07) is 0. The second-order valence-corrected chi connectivity index (χ2v) is 12.1. The number of allylic oxidation sites excluding steroid dienone is 1. The molecular weight excluding hydrogens is 252 g/mol. The fourth-order valence-electron chi connectivity index (χ4n) is 2.56. The van der Waals surface area contributed by atoms with E-state index in [2.05, 4.69) is 33.9 Å². The van der Waals surface area contributed by atoms with Crippen molar-refractivity contribution in [3.63, 3.8) is 0 Å². The molecule has 0 heterocycles. The van der Waals surface area contributed by atoms with Gasteiger partial charge in [-0.05, 0) is 37.9 Å². The Labute approximate surface area is 120 Å². The van der Waals surface area contributed by atoms with Gasteiger partial charge in [-0.3, -0.25) is 0 Å². The maximum atomic E-state index is 10.3. The van der Waals surface area contributed by atoms with Gasteiger partial charge in [-0.15, -0.1) is 0 Å². The minimum atomic E-state index is -1.74. The van der Waals surface area contributed by atoms with Crippen molar-refractivity contribution < 1.29 is 9.53 Å². The summed E-state index contributed by atoms with van der Waals surface area (Å²) in [5.41, 5.74) is 0. The lowest BCUT2D eigenvalue weighted by Gasteiger charge is -2.43. The van der Waals surface area contributed by atoms with Gasteiger partial charge in [0.25, 0.3) is 0 Å². The Bertz CT molecular complexity index is 304. The molecule has 0 spiro atoms. The molecule has 0 radical (unpaired) electrons. The highest BCUT2D eigenvalue weighted by molar-refractivity contribution is 6.74. The summed E-state index contributed by atoms with van der Waals surface area (Å²) in [6.45, 7) is 13.4. The average molecular weight is 285 g/mol. The second kappa shape index (κ2) is 6.55. The van der Waals surface area contributed by atoms with E-state index >= 15 is 0 Å². The topological polar surface area (TPSA) is 29.5 Å². The zero-order chi connectivity index (χ0) is 14.7.